The molecule has 1 heterocycles. The maximum atomic E-state index is 12.1. The van der Waals surface area contributed by atoms with Crippen molar-refractivity contribution in [2.75, 3.05) is 11.9 Å². The molecule has 1 aromatic rings. The summed E-state index contributed by atoms with van der Waals surface area (Å²) in [6, 6.07) is 5.40. The van der Waals surface area contributed by atoms with Crippen LogP contribution in [0.1, 0.15) is 25.8 Å². The first-order valence-corrected chi connectivity index (χ1v) is 7.52. The molecule has 6 heteroatoms. The van der Waals surface area contributed by atoms with Gasteiger partial charge >= 0.3 is 0 Å². The monoisotopic (exact) mass is 267 g/mol. The van der Waals surface area contributed by atoms with Gasteiger partial charge in [0.2, 0.25) is 5.96 Å². The van der Waals surface area contributed by atoms with Crippen LogP contribution in [0, 0.1) is 0 Å². The zero-order chi connectivity index (χ0) is 13.2. The van der Waals surface area contributed by atoms with Crippen molar-refractivity contribution in [2.24, 2.45) is 4.99 Å². The molecule has 2 N–H and O–H groups in total. The molecule has 0 atom stereocenters. The molecule has 0 unspecified atom stereocenters. The minimum Gasteiger partial charge on any atom is -0.324 e. The molecule has 0 fully saturated rings. The zero-order valence-corrected chi connectivity index (χ0v) is 11.3. The summed E-state index contributed by atoms with van der Waals surface area (Å²) in [6.45, 7) is 4.57. The molecular weight excluding hydrogens is 250 g/mol. The van der Waals surface area contributed by atoms with Gasteiger partial charge in [-0.25, -0.2) is 13.1 Å². The minimum atomic E-state index is -3.50. The van der Waals surface area contributed by atoms with E-state index in [1.165, 1.54) is 0 Å². The van der Waals surface area contributed by atoms with Crippen LogP contribution in [0.5, 0.6) is 0 Å². The first-order valence-electron chi connectivity index (χ1n) is 6.04. The summed E-state index contributed by atoms with van der Waals surface area (Å²) in [5, 5.41) is 3.00. The Labute approximate surface area is 107 Å². The average Bonchev–Trinajstić information content (AvgIpc) is 2.35. The van der Waals surface area contributed by atoms with E-state index in [0.717, 1.165) is 18.4 Å². The predicted molar refractivity (Wildman–Crippen MR) is 72.4 cm³/mol. The molecule has 0 bridgehead atoms. The molecule has 0 aliphatic carbocycles. The third-order valence-electron chi connectivity index (χ3n) is 2.72. The zero-order valence-electron chi connectivity index (χ0n) is 10.5. The summed E-state index contributed by atoms with van der Waals surface area (Å²) in [7, 11) is -3.50. The van der Waals surface area contributed by atoms with Gasteiger partial charge in [0.15, 0.2) is 0 Å². The number of hydrogen-bond acceptors (Lipinski definition) is 3. The lowest BCUT2D eigenvalue weighted by molar-refractivity contribution is 0.591. The summed E-state index contributed by atoms with van der Waals surface area (Å²) in [5.74, 6) is 0.300. The third kappa shape index (κ3) is 2.48. The molecule has 0 radical (unpaired) electrons. The highest BCUT2D eigenvalue weighted by molar-refractivity contribution is 7.90. The molecule has 0 spiro atoms. The summed E-state index contributed by atoms with van der Waals surface area (Å²) >= 11 is 0. The van der Waals surface area contributed by atoms with Gasteiger partial charge in [-0.15, -0.1) is 0 Å². The first-order chi connectivity index (χ1) is 8.56. The van der Waals surface area contributed by atoms with Crippen molar-refractivity contribution in [1.29, 1.82) is 0 Å². The number of guanidine groups is 1. The molecular formula is C12H17N3O2S. The lowest BCUT2D eigenvalue weighted by Gasteiger charge is -2.22. The number of anilines is 1. The maximum absolute atomic E-state index is 12.1. The molecule has 98 valence electrons. The summed E-state index contributed by atoms with van der Waals surface area (Å²) in [6.07, 6.45) is 1.67. The number of nitrogens with zero attached hydrogens (tertiary/aromatic N) is 1. The van der Waals surface area contributed by atoms with E-state index < -0.39 is 10.0 Å². The predicted octanol–water partition coefficient (Wildman–Crippen LogP) is 1.72. The fourth-order valence-electron chi connectivity index (χ4n) is 1.74. The van der Waals surface area contributed by atoms with Crippen molar-refractivity contribution in [3.05, 3.63) is 23.8 Å². The smallest absolute Gasteiger partial charge is 0.266 e. The summed E-state index contributed by atoms with van der Waals surface area (Å²) in [5.41, 5.74) is 1.58. The summed E-state index contributed by atoms with van der Waals surface area (Å²) < 4.78 is 26.6. The average molecular weight is 267 g/mol. The number of benzene rings is 1. The van der Waals surface area contributed by atoms with Crippen LogP contribution in [0.15, 0.2) is 28.1 Å². The molecule has 0 saturated carbocycles. The van der Waals surface area contributed by atoms with E-state index in [9.17, 15) is 8.42 Å². The van der Waals surface area contributed by atoms with E-state index >= 15 is 0 Å². The van der Waals surface area contributed by atoms with Gasteiger partial charge < -0.3 is 5.32 Å². The van der Waals surface area contributed by atoms with Gasteiger partial charge in [-0.3, -0.25) is 4.99 Å². The van der Waals surface area contributed by atoms with Gasteiger partial charge in [0, 0.05) is 6.54 Å². The molecule has 0 amide bonds. The molecule has 18 heavy (non-hydrogen) atoms. The van der Waals surface area contributed by atoms with Crippen molar-refractivity contribution < 1.29 is 8.42 Å². The van der Waals surface area contributed by atoms with Crippen LogP contribution in [0.25, 0.3) is 0 Å². The molecule has 5 nitrogen and oxygen atoms in total. The number of fused-ring (bicyclic) bond motifs is 1. The first kappa shape index (κ1) is 12.9. The lowest BCUT2D eigenvalue weighted by atomic mass is 10.1. The van der Waals surface area contributed by atoms with Gasteiger partial charge in [-0.1, -0.05) is 19.9 Å². The van der Waals surface area contributed by atoms with Crippen molar-refractivity contribution >= 4 is 21.7 Å². The lowest BCUT2D eigenvalue weighted by Crippen LogP contribution is -2.40. The highest BCUT2D eigenvalue weighted by Gasteiger charge is 2.26. The van der Waals surface area contributed by atoms with E-state index in [0.29, 0.717) is 18.2 Å². The van der Waals surface area contributed by atoms with Crippen molar-refractivity contribution in [1.82, 2.24) is 4.72 Å². The van der Waals surface area contributed by atoms with Gasteiger partial charge in [0.05, 0.1) is 5.69 Å². The van der Waals surface area contributed by atoms with Crippen molar-refractivity contribution in [3.8, 4) is 0 Å². The highest BCUT2D eigenvalue weighted by atomic mass is 32.2. The molecule has 1 aliphatic rings. The number of sulfonamides is 1. The van der Waals surface area contributed by atoms with E-state index in [4.69, 9.17) is 0 Å². The standard InChI is InChI=1S/C12H17N3O2S/c1-3-7-13-12-14-10-6-5-9(4-2)8-11(10)18(16,17)15-12/h5-6,8H,3-4,7H2,1-2H3,(H2,13,14,15). The van der Waals surface area contributed by atoms with Gasteiger partial charge in [-0.2, -0.15) is 0 Å². The molecule has 0 aromatic heterocycles. The Bertz CT molecular complexity index is 579. The Balaban J connectivity index is 2.43. The van der Waals surface area contributed by atoms with Gasteiger partial charge in [0.1, 0.15) is 4.90 Å². The van der Waals surface area contributed by atoms with Crippen LogP contribution in [0.4, 0.5) is 5.69 Å². The van der Waals surface area contributed by atoms with Gasteiger partial charge in [-0.05, 0) is 30.5 Å². The van der Waals surface area contributed by atoms with Crippen LogP contribution in [0.2, 0.25) is 0 Å². The number of aryl methyl sites for hydroxylation is 1. The molecule has 0 saturated heterocycles. The number of aliphatic imine (C=N–C) groups is 1. The summed E-state index contributed by atoms with van der Waals surface area (Å²) in [4.78, 5) is 4.44. The number of hydrogen-bond donors (Lipinski definition) is 2. The van der Waals surface area contributed by atoms with Gasteiger partial charge in [0.25, 0.3) is 10.0 Å². The van der Waals surface area contributed by atoms with Crippen molar-refractivity contribution in [2.45, 2.75) is 31.6 Å². The van der Waals surface area contributed by atoms with E-state index in [-0.39, 0.29) is 4.90 Å². The SMILES string of the molecule is CCCN=C1Nc2ccc(CC)cc2S(=O)(=O)N1. The normalized spacial score (nSPS) is 18.9. The fraction of sp³-hybridized carbons (Fsp3) is 0.417. The molecule has 1 aromatic carbocycles. The second-order valence-corrected chi connectivity index (χ2v) is 5.80. The second kappa shape index (κ2) is 4.97. The number of nitrogens with one attached hydrogen (secondary N) is 2. The van der Waals surface area contributed by atoms with Crippen LogP contribution in [-0.2, 0) is 16.4 Å². The minimum absolute atomic E-state index is 0.289. The van der Waals surface area contributed by atoms with E-state index in [1.807, 2.05) is 19.9 Å². The Kier molecular flexibility index (Phi) is 3.56. The Morgan fingerprint density at radius 2 is 2.06 bits per heavy atom. The Morgan fingerprint density at radius 1 is 1.28 bits per heavy atom. The number of rotatable bonds is 3. The van der Waals surface area contributed by atoms with Crippen LogP contribution in [-0.4, -0.2) is 20.9 Å². The Morgan fingerprint density at radius 3 is 2.72 bits per heavy atom. The molecule has 2 rings (SSSR count). The van der Waals surface area contributed by atoms with Crippen LogP contribution >= 0.6 is 0 Å². The van der Waals surface area contributed by atoms with Crippen LogP contribution in [0.3, 0.4) is 0 Å². The highest BCUT2D eigenvalue weighted by Crippen LogP contribution is 2.25. The second-order valence-electron chi connectivity index (χ2n) is 4.14. The molecule has 1 aliphatic heterocycles. The largest absolute Gasteiger partial charge is 0.324 e. The fourth-order valence-corrected chi connectivity index (χ4v) is 2.94. The van der Waals surface area contributed by atoms with Crippen molar-refractivity contribution in [3.63, 3.8) is 0 Å². The van der Waals surface area contributed by atoms with E-state index in [1.54, 1.807) is 12.1 Å². The van der Waals surface area contributed by atoms with Crippen LogP contribution < -0.4 is 10.0 Å². The quantitative estimate of drug-likeness (QED) is 0.876. The van der Waals surface area contributed by atoms with E-state index in [2.05, 4.69) is 15.0 Å². The third-order valence-corrected chi connectivity index (χ3v) is 4.10. The topological polar surface area (TPSA) is 70.6 Å². The Hall–Kier alpha value is -1.56. The maximum Gasteiger partial charge on any atom is 0.266 e.